The second-order valence-electron chi connectivity index (χ2n) is 5.14. The van der Waals surface area contributed by atoms with Gasteiger partial charge in [-0.2, -0.15) is 0 Å². The molecule has 0 bridgehead atoms. The van der Waals surface area contributed by atoms with E-state index in [9.17, 15) is 19.2 Å². The number of carbonyl (C=O) groups is 4. The molecule has 0 aliphatic carbocycles. The molecule has 1 heterocycles. The Hall–Kier alpha value is -2.70. The average Bonchev–Trinajstić information content (AvgIpc) is 2.81. The van der Waals surface area contributed by atoms with Crippen molar-refractivity contribution in [3.05, 3.63) is 35.4 Å². The highest BCUT2D eigenvalue weighted by Crippen LogP contribution is 2.22. The number of rotatable bonds is 6. The third kappa shape index (κ3) is 3.39. The topological polar surface area (TPSA) is 86.8 Å². The Morgan fingerprint density at radius 3 is 2.17 bits per heavy atom. The number of benzene rings is 1. The van der Waals surface area contributed by atoms with E-state index in [1.807, 2.05) is 0 Å². The van der Waals surface area contributed by atoms with E-state index in [-0.39, 0.29) is 43.1 Å². The Balaban J connectivity index is 1.99. The molecular formula is C16H19N3O4. The highest BCUT2D eigenvalue weighted by molar-refractivity contribution is 6.21. The van der Waals surface area contributed by atoms with Crippen molar-refractivity contribution < 1.29 is 19.2 Å². The first-order chi connectivity index (χ1) is 11.0. The van der Waals surface area contributed by atoms with Crippen molar-refractivity contribution >= 4 is 23.6 Å². The lowest BCUT2D eigenvalue weighted by Crippen LogP contribution is -2.41. The zero-order valence-electron chi connectivity index (χ0n) is 13.2. The molecule has 1 aromatic rings. The summed E-state index contributed by atoms with van der Waals surface area (Å²) < 4.78 is 0. The SMILES string of the molecule is CCN(CC(=O)NC)C(=O)CCN1C(=O)c2ccccc2C1=O. The first kappa shape index (κ1) is 16.7. The monoisotopic (exact) mass is 317 g/mol. The van der Waals surface area contributed by atoms with Crippen molar-refractivity contribution in [1.29, 1.82) is 0 Å². The van der Waals surface area contributed by atoms with Crippen LogP contribution in [0.5, 0.6) is 0 Å². The van der Waals surface area contributed by atoms with Gasteiger partial charge in [0.2, 0.25) is 11.8 Å². The Kier molecular flexibility index (Phi) is 5.10. The van der Waals surface area contributed by atoms with Gasteiger partial charge in [0.15, 0.2) is 0 Å². The molecule has 2 rings (SSSR count). The van der Waals surface area contributed by atoms with Crippen LogP contribution in [0, 0.1) is 0 Å². The molecule has 1 aliphatic heterocycles. The predicted molar refractivity (Wildman–Crippen MR) is 82.7 cm³/mol. The van der Waals surface area contributed by atoms with E-state index in [1.54, 1.807) is 31.2 Å². The minimum absolute atomic E-state index is 0.00367. The summed E-state index contributed by atoms with van der Waals surface area (Å²) in [4.78, 5) is 50.4. The van der Waals surface area contributed by atoms with E-state index in [2.05, 4.69) is 5.32 Å². The van der Waals surface area contributed by atoms with Crippen molar-refractivity contribution in [3.63, 3.8) is 0 Å². The smallest absolute Gasteiger partial charge is 0.261 e. The van der Waals surface area contributed by atoms with Gasteiger partial charge in [-0.15, -0.1) is 0 Å². The molecule has 0 fully saturated rings. The molecule has 0 atom stereocenters. The molecule has 4 amide bonds. The summed E-state index contributed by atoms with van der Waals surface area (Å²) in [5.41, 5.74) is 0.727. The summed E-state index contributed by atoms with van der Waals surface area (Å²) in [5.74, 6) is -1.30. The summed E-state index contributed by atoms with van der Waals surface area (Å²) in [6.07, 6.45) is -0.00367. The standard InChI is InChI=1S/C16H19N3O4/c1-3-18(10-13(20)17-2)14(21)8-9-19-15(22)11-6-4-5-7-12(11)16(19)23/h4-7H,3,8-10H2,1-2H3,(H,17,20). The summed E-state index contributed by atoms with van der Waals surface area (Å²) in [6, 6.07) is 6.59. The van der Waals surface area contributed by atoms with Crippen molar-refractivity contribution in [2.24, 2.45) is 0 Å². The van der Waals surface area contributed by atoms with Gasteiger partial charge in [0.25, 0.3) is 11.8 Å². The van der Waals surface area contributed by atoms with Gasteiger partial charge >= 0.3 is 0 Å². The Bertz CT molecular complexity index is 621. The summed E-state index contributed by atoms with van der Waals surface area (Å²) in [6.45, 7) is 2.13. The molecule has 7 heteroatoms. The molecule has 0 radical (unpaired) electrons. The van der Waals surface area contributed by atoms with Crippen molar-refractivity contribution in [2.45, 2.75) is 13.3 Å². The largest absolute Gasteiger partial charge is 0.358 e. The zero-order chi connectivity index (χ0) is 17.0. The highest BCUT2D eigenvalue weighted by atomic mass is 16.2. The van der Waals surface area contributed by atoms with E-state index in [0.717, 1.165) is 4.90 Å². The number of hydrogen-bond acceptors (Lipinski definition) is 4. The minimum Gasteiger partial charge on any atom is -0.358 e. The van der Waals surface area contributed by atoms with Crippen LogP contribution in [0.25, 0.3) is 0 Å². The van der Waals surface area contributed by atoms with E-state index in [4.69, 9.17) is 0 Å². The molecule has 122 valence electrons. The molecule has 1 aromatic carbocycles. The number of nitrogens with one attached hydrogen (secondary N) is 1. The Morgan fingerprint density at radius 2 is 1.70 bits per heavy atom. The number of nitrogens with zero attached hydrogens (tertiary/aromatic N) is 2. The van der Waals surface area contributed by atoms with Gasteiger partial charge in [0.1, 0.15) is 0 Å². The molecular weight excluding hydrogens is 298 g/mol. The van der Waals surface area contributed by atoms with E-state index >= 15 is 0 Å². The molecule has 0 aromatic heterocycles. The van der Waals surface area contributed by atoms with Crippen LogP contribution in [0.2, 0.25) is 0 Å². The molecule has 1 N–H and O–H groups in total. The molecule has 23 heavy (non-hydrogen) atoms. The van der Waals surface area contributed by atoms with Gasteiger partial charge in [-0.3, -0.25) is 24.1 Å². The van der Waals surface area contributed by atoms with Crippen molar-refractivity contribution in [3.8, 4) is 0 Å². The molecule has 7 nitrogen and oxygen atoms in total. The number of amides is 4. The lowest BCUT2D eigenvalue weighted by molar-refractivity contribution is -0.135. The summed E-state index contributed by atoms with van der Waals surface area (Å²) in [5, 5.41) is 2.46. The summed E-state index contributed by atoms with van der Waals surface area (Å²) in [7, 11) is 1.50. The van der Waals surface area contributed by atoms with Gasteiger partial charge in [-0.25, -0.2) is 0 Å². The minimum atomic E-state index is -0.382. The lowest BCUT2D eigenvalue weighted by Gasteiger charge is -2.21. The zero-order valence-corrected chi connectivity index (χ0v) is 13.2. The van der Waals surface area contributed by atoms with Crippen LogP contribution in [0.3, 0.4) is 0 Å². The highest BCUT2D eigenvalue weighted by Gasteiger charge is 2.35. The Morgan fingerprint density at radius 1 is 1.13 bits per heavy atom. The maximum Gasteiger partial charge on any atom is 0.261 e. The van der Waals surface area contributed by atoms with Crippen LogP contribution in [0.4, 0.5) is 0 Å². The number of hydrogen-bond donors (Lipinski definition) is 1. The number of fused-ring (bicyclic) bond motifs is 1. The van der Waals surface area contributed by atoms with E-state index < -0.39 is 0 Å². The van der Waals surface area contributed by atoms with Crippen LogP contribution in [-0.2, 0) is 9.59 Å². The molecule has 0 unspecified atom stereocenters. The number of imide groups is 1. The van der Waals surface area contributed by atoms with Crippen LogP contribution in [0.1, 0.15) is 34.1 Å². The van der Waals surface area contributed by atoms with Gasteiger partial charge in [0, 0.05) is 26.6 Å². The van der Waals surface area contributed by atoms with Crippen LogP contribution in [-0.4, -0.2) is 60.1 Å². The van der Waals surface area contributed by atoms with Crippen LogP contribution >= 0.6 is 0 Å². The maximum atomic E-state index is 12.2. The normalized spacial score (nSPS) is 13.0. The fraction of sp³-hybridized carbons (Fsp3) is 0.375. The average molecular weight is 317 g/mol. The second-order valence-corrected chi connectivity index (χ2v) is 5.14. The van der Waals surface area contributed by atoms with Gasteiger partial charge in [-0.05, 0) is 19.1 Å². The Labute approximate surface area is 134 Å². The van der Waals surface area contributed by atoms with Gasteiger partial charge in [0.05, 0.1) is 17.7 Å². The predicted octanol–water partition coefficient (Wildman–Crippen LogP) is 0.267. The summed E-state index contributed by atoms with van der Waals surface area (Å²) >= 11 is 0. The van der Waals surface area contributed by atoms with Crippen LogP contribution < -0.4 is 5.32 Å². The first-order valence-corrected chi connectivity index (χ1v) is 7.43. The van der Waals surface area contributed by atoms with E-state index in [1.165, 1.54) is 11.9 Å². The number of likely N-dealkylation sites (N-methyl/N-ethyl adjacent to an activating group) is 2. The fourth-order valence-electron chi connectivity index (χ4n) is 2.44. The van der Waals surface area contributed by atoms with Gasteiger partial charge in [-0.1, -0.05) is 12.1 Å². The molecule has 0 spiro atoms. The maximum absolute atomic E-state index is 12.2. The molecule has 0 saturated carbocycles. The molecule has 0 saturated heterocycles. The first-order valence-electron chi connectivity index (χ1n) is 7.43. The van der Waals surface area contributed by atoms with Crippen molar-refractivity contribution in [1.82, 2.24) is 15.1 Å². The number of carbonyl (C=O) groups excluding carboxylic acids is 4. The van der Waals surface area contributed by atoms with E-state index in [0.29, 0.717) is 17.7 Å². The lowest BCUT2D eigenvalue weighted by atomic mass is 10.1. The van der Waals surface area contributed by atoms with Crippen LogP contribution in [0.15, 0.2) is 24.3 Å². The van der Waals surface area contributed by atoms with Crippen molar-refractivity contribution in [2.75, 3.05) is 26.7 Å². The quantitative estimate of drug-likeness (QED) is 0.763. The fourth-order valence-corrected chi connectivity index (χ4v) is 2.44. The van der Waals surface area contributed by atoms with Gasteiger partial charge < -0.3 is 10.2 Å². The third-order valence-electron chi connectivity index (χ3n) is 3.78. The molecule has 1 aliphatic rings. The second kappa shape index (κ2) is 7.04. The third-order valence-corrected chi connectivity index (χ3v) is 3.78.